The highest BCUT2D eigenvalue weighted by molar-refractivity contribution is 5.91. The Labute approximate surface area is 108 Å². The predicted molar refractivity (Wildman–Crippen MR) is 71.4 cm³/mol. The Kier molecular flexibility index (Phi) is 4.01. The van der Waals surface area contributed by atoms with Crippen LogP contribution in [0.2, 0.25) is 0 Å². The van der Waals surface area contributed by atoms with Gasteiger partial charge in [-0.05, 0) is 40.2 Å². The van der Waals surface area contributed by atoms with E-state index in [0.29, 0.717) is 6.04 Å². The molecular weight excluding hydrogens is 228 g/mol. The minimum Gasteiger partial charge on any atom is -0.314 e. The number of hydrogen-bond acceptors (Lipinski definition) is 3. The van der Waals surface area contributed by atoms with Crippen molar-refractivity contribution in [1.29, 1.82) is 0 Å². The first-order valence-electron chi connectivity index (χ1n) is 6.65. The number of piperidine rings is 1. The lowest BCUT2D eigenvalue weighted by molar-refractivity contribution is -0.120. The van der Waals surface area contributed by atoms with Gasteiger partial charge >= 0.3 is 0 Å². The number of carbonyl (C=O) groups excluding carboxylic acids is 1. The standard InChI is InChI=1S/C13H22N4O/c1-9(2)17-12(5-7-15-17)16-13(18)11-4-6-14-10(3)8-11/h5,7,9-11,14H,4,6,8H2,1-3H3,(H,16,18). The van der Waals surface area contributed by atoms with Gasteiger partial charge in [0.25, 0.3) is 0 Å². The number of rotatable bonds is 3. The van der Waals surface area contributed by atoms with E-state index in [1.165, 1.54) is 0 Å². The summed E-state index contributed by atoms with van der Waals surface area (Å²) in [5.74, 6) is 1.02. The molecule has 18 heavy (non-hydrogen) atoms. The second kappa shape index (κ2) is 5.52. The van der Waals surface area contributed by atoms with Crippen LogP contribution in [0.1, 0.15) is 39.7 Å². The molecular formula is C13H22N4O. The summed E-state index contributed by atoms with van der Waals surface area (Å²) in [6.45, 7) is 7.14. The van der Waals surface area contributed by atoms with E-state index >= 15 is 0 Å². The van der Waals surface area contributed by atoms with Crippen molar-refractivity contribution in [2.75, 3.05) is 11.9 Å². The van der Waals surface area contributed by atoms with Crippen LogP contribution in [0.3, 0.4) is 0 Å². The predicted octanol–water partition coefficient (Wildman–Crippen LogP) is 1.79. The van der Waals surface area contributed by atoms with Crippen molar-refractivity contribution in [3.63, 3.8) is 0 Å². The van der Waals surface area contributed by atoms with Crippen LogP contribution in [0.5, 0.6) is 0 Å². The monoisotopic (exact) mass is 250 g/mol. The van der Waals surface area contributed by atoms with Gasteiger partial charge in [0.1, 0.15) is 5.82 Å². The lowest BCUT2D eigenvalue weighted by atomic mass is 9.92. The SMILES string of the molecule is CC1CC(C(=O)Nc2ccnn2C(C)C)CCN1. The van der Waals surface area contributed by atoms with Crippen LogP contribution in [-0.2, 0) is 4.79 Å². The quantitative estimate of drug-likeness (QED) is 0.860. The van der Waals surface area contributed by atoms with E-state index in [1.807, 2.05) is 10.7 Å². The van der Waals surface area contributed by atoms with Crippen LogP contribution in [0.4, 0.5) is 5.82 Å². The van der Waals surface area contributed by atoms with Crippen LogP contribution in [0, 0.1) is 5.92 Å². The Morgan fingerprint density at radius 1 is 1.61 bits per heavy atom. The van der Waals surface area contributed by atoms with E-state index in [-0.39, 0.29) is 17.9 Å². The lowest BCUT2D eigenvalue weighted by Gasteiger charge is -2.27. The summed E-state index contributed by atoms with van der Waals surface area (Å²) in [6, 6.07) is 2.52. The molecule has 100 valence electrons. The summed E-state index contributed by atoms with van der Waals surface area (Å²) in [5.41, 5.74) is 0. The minimum atomic E-state index is 0.108. The van der Waals surface area contributed by atoms with Gasteiger partial charge in [-0.3, -0.25) is 4.79 Å². The zero-order chi connectivity index (χ0) is 13.1. The molecule has 2 rings (SSSR count). The van der Waals surface area contributed by atoms with Crippen LogP contribution in [-0.4, -0.2) is 28.3 Å². The topological polar surface area (TPSA) is 59.0 Å². The molecule has 0 aromatic carbocycles. The van der Waals surface area contributed by atoms with E-state index in [0.717, 1.165) is 25.2 Å². The maximum Gasteiger partial charge on any atom is 0.228 e. The zero-order valence-corrected chi connectivity index (χ0v) is 11.3. The molecule has 2 N–H and O–H groups in total. The number of nitrogens with zero attached hydrogens (tertiary/aromatic N) is 2. The third-order valence-corrected chi connectivity index (χ3v) is 3.41. The molecule has 0 spiro atoms. The van der Waals surface area contributed by atoms with E-state index < -0.39 is 0 Å². The number of aromatic nitrogens is 2. The number of carbonyl (C=O) groups is 1. The average molecular weight is 250 g/mol. The van der Waals surface area contributed by atoms with E-state index in [9.17, 15) is 4.79 Å². The van der Waals surface area contributed by atoms with E-state index in [1.54, 1.807) is 6.20 Å². The summed E-state index contributed by atoms with van der Waals surface area (Å²) in [7, 11) is 0. The maximum absolute atomic E-state index is 12.2. The number of hydrogen-bond donors (Lipinski definition) is 2. The second-order valence-electron chi connectivity index (χ2n) is 5.32. The van der Waals surface area contributed by atoms with Gasteiger partial charge in [0.2, 0.25) is 5.91 Å². The van der Waals surface area contributed by atoms with Crippen molar-refractivity contribution < 1.29 is 4.79 Å². The first kappa shape index (κ1) is 13.1. The molecule has 0 radical (unpaired) electrons. The number of anilines is 1. The van der Waals surface area contributed by atoms with Gasteiger partial charge in [-0.1, -0.05) is 0 Å². The molecule has 1 aromatic rings. The van der Waals surface area contributed by atoms with Crippen molar-refractivity contribution in [1.82, 2.24) is 15.1 Å². The van der Waals surface area contributed by atoms with Crippen molar-refractivity contribution in [3.05, 3.63) is 12.3 Å². The van der Waals surface area contributed by atoms with Crippen LogP contribution >= 0.6 is 0 Å². The molecule has 2 atom stereocenters. The normalized spacial score (nSPS) is 24.2. The highest BCUT2D eigenvalue weighted by atomic mass is 16.2. The molecule has 0 bridgehead atoms. The van der Waals surface area contributed by atoms with Gasteiger partial charge in [0.15, 0.2) is 0 Å². The molecule has 1 fully saturated rings. The fraction of sp³-hybridized carbons (Fsp3) is 0.692. The lowest BCUT2D eigenvalue weighted by Crippen LogP contribution is -2.40. The Morgan fingerprint density at radius 3 is 3.06 bits per heavy atom. The molecule has 2 heterocycles. The van der Waals surface area contributed by atoms with Gasteiger partial charge in [0, 0.05) is 24.1 Å². The molecule has 1 amide bonds. The largest absolute Gasteiger partial charge is 0.314 e. The van der Waals surface area contributed by atoms with Crippen LogP contribution < -0.4 is 10.6 Å². The van der Waals surface area contributed by atoms with Gasteiger partial charge in [-0.2, -0.15) is 5.10 Å². The Morgan fingerprint density at radius 2 is 2.39 bits per heavy atom. The highest BCUT2D eigenvalue weighted by Gasteiger charge is 2.25. The molecule has 5 heteroatoms. The van der Waals surface area contributed by atoms with Crippen molar-refractivity contribution in [3.8, 4) is 0 Å². The first-order chi connectivity index (χ1) is 8.58. The summed E-state index contributed by atoms with van der Waals surface area (Å²) < 4.78 is 1.84. The molecule has 0 aliphatic carbocycles. The third-order valence-electron chi connectivity index (χ3n) is 3.41. The smallest absolute Gasteiger partial charge is 0.228 e. The molecule has 1 aliphatic rings. The minimum absolute atomic E-state index is 0.108. The fourth-order valence-electron chi connectivity index (χ4n) is 2.42. The Bertz CT molecular complexity index is 413. The van der Waals surface area contributed by atoms with Gasteiger partial charge in [-0.15, -0.1) is 0 Å². The van der Waals surface area contributed by atoms with Crippen molar-refractivity contribution in [2.24, 2.45) is 5.92 Å². The average Bonchev–Trinajstić information content (AvgIpc) is 2.77. The van der Waals surface area contributed by atoms with Gasteiger partial charge in [-0.25, -0.2) is 4.68 Å². The second-order valence-corrected chi connectivity index (χ2v) is 5.32. The zero-order valence-electron chi connectivity index (χ0n) is 11.3. The van der Waals surface area contributed by atoms with E-state index in [4.69, 9.17) is 0 Å². The number of nitrogens with one attached hydrogen (secondary N) is 2. The van der Waals surface area contributed by atoms with E-state index in [2.05, 4.69) is 36.5 Å². The molecule has 5 nitrogen and oxygen atoms in total. The molecule has 1 aromatic heterocycles. The van der Waals surface area contributed by atoms with Crippen LogP contribution in [0.15, 0.2) is 12.3 Å². The third kappa shape index (κ3) is 2.90. The summed E-state index contributed by atoms with van der Waals surface area (Å²) in [5, 5.41) is 10.6. The van der Waals surface area contributed by atoms with Crippen molar-refractivity contribution >= 4 is 11.7 Å². The maximum atomic E-state index is 12.2. The van der Waals surface area contributed by atoms with Gasteiger partial charge in [0.05, 0.1) is 6.20 Å². The Balaban J connectivity index is 2.00. The summed E-state index contributed by atoms with van der Waals surface area (Å²) in [4.78, 5) is 12.2. The summed E-state index contributed by atoms with van der Waals surface area (Å²) in [6.07, 6.45) is 3.54. The highest BCUT2D eigenvalue weighted by Crippen LogP contribution is 2.19. The molecule has 2 unspecified atom stereocenters. The van der Waals surface area contributed by atoms with Crippen LogP contribution in [0.25, 0.3) is 0 Å². The van der Waals surface area contributed by atoms with Crippen molar-refractivity contribution in [2.45, 2.75) is 45.7 Å². The molecule has 0 saturated carbocycles. The Hall–Kier alpha value is -1.36. The molecule has 1 aliphatic heterocycles. The molecule has 1 saturated heterocycles. The fourth-order valence-corrected chi connectivity index (χ4v) is 2.42. The first-order valence-corrected chi connectivity index (χ1v) is 6.65. The number of amides is 1. The van der Waals surface area contributed by atoms with Gasteiger partial charge < -0.3 is 10.6 Å². The summed E-state index contributed by atoms with van der Waals surface area (Å²) >= 11 is 0.